The molecule has 0 amide bonds. The van der Waals surface area contributed by atoms with Crippen molar-refractivity contribution in [1.29, 1.82) is 0 Å². The van der Waals surface area contributed by atoms with Gasteiger partial charge in [-0.15, -0.1) is 0 Å². The Morgan fingerprint density at radius 2 is 1.81 bits per heavy atom. The van der Waals surface area contributed by atoms with Crippen LogP contribution in [-0.2, 0) is 20.0 Å². The first-order valence-corrected chi connectivity index (χ1v) is 9.29. The van der Waals surface area contributed by atoms with Gasteiger partial charge in [-0.25, -0.2) is 25.9 Å². The van der Waals surface area contributed by atoms with Crippen LogP contribution in [0, 0.1) is 5.82 Å². The van der Waals surface area contributed by atoms with Crippen LogP contribution in [0.4, 0.5) is 10.1 Å². The van der Waals surface area contributed by atoms with Crippen LogP contribution in [0.2, 0.25) is 0 Å². The second kappa shape index (κ2) is 7.16. The van der Waals surface area contributed by atoms with Gasteiger partial charge in [0.25, 0.3) is 0 Å². The lowest BCUT2D eigenvalue weighted by atomic mass is 10.3. The third-order valence-electron chi connectivity index (χ3n) is 2.56. The van der Waals surface area contributed by atoms with E-state index < -0.39 is 25.9 Å². The molecule has 0 aliphatic rings. The molecule has 7 nitrogen and oxygen atoms in total. The number of hydrogen-bond acceptors (Lipinski definition) is 5. The van der Waals surface area contributed by atoms with E-state index >= 15 is 0 Å². The number of benzene rings is 1. The van der Waals surface area contributed by atoms with Crippen LogP contribution in [-0.4, -0.2) is 42.7 Å². The van der Waals surface area contributed by atoms with Crippen molar-refractivity contribution in [1.82, 2.24) is 10.0 Å². The highest BCUT2D eigenvalue weighted by atomic mass is 32.2. The Kier molecular flexibility index (Phi) is 6.08. The Balaban J connectivity index is 2.97. The summed E-state index contributed by atoms with van der Waals surface area (Å²) in [5.74, 6) is -1.17. The third-order valence-corrected chi connectivity index (χ3v) is 5.31. The topological polar surface area (TPSA) is 104 Å². The average molecular weight is 339 g/mol. The summed E-state index contributed by atoms with van der Waals surface area (Å²) in [5.41, 5.74) is -0.286. The maximum Gasteiger partial charge on any atom is 0.240 e. The van der Waals surface area contributed by atoms with E-state index in [1.165, 1.54) is 6.92 Å². The summed E-state index contributed by atoms with van der Waals surface area (Å²) in [7, 11) is -5.78. The molecule has 0 atom stereocenters. The molecule has 1 aromatic carbocycles. The monoisotopic (exact) mass is 339 g/mol. The van der Waals surface area contributed by atoms with Gasteiger partial charge in [-0.1, -0.05) is 0 Å². The Hall–Kier alpha value is -1.23. The SMILES string of the molecule is CCS(=O)(=O)Nc1ccc(S(=O)(=O)NCCNC)cc1F. The molecule has 120 valence electrons. The van der Waals surface area contributed by atoms with Crippen LogP contribution in [0.3, 0.4) is 0 Å². The van der Waals surface area contributed by atoms with Gasteiger partial charge in [0.1, 0.15) is 5.82 Å². The van der Waals surface area contributed by atoms with Crippen molar-refractivity contribution in [2.45, 2.75) is 11.8 Å². The minimum absolute atomic E-state index is 0.157. The van der Waals surface area contributed by atoms with E-state index in [2.05, 4.69) is 10.0 Å². The van der Waals surface area contributed by atoms with E-state index in [4.69, 9.17) is 0 Å². The molecular weight excluding hydrogens is 321 g/mol. The van der Waals surface area contributed by atoms with E-state index in [9.17, 15) is 21.2 Å². The Morgan fingerprint density at radius 1 is 1.14 bits per heavy atom. The first kappa shape index (κ1) is 17.8. The van der Waals surface area contributed by atoms with Crippen molar-refractivity contribution in [3.8, 4) is 0 Å². The van der Waals surface area contributed by atoms with Crippen LogP contribution in [0.15, 0.2) is 23.1 Å². The number of anilines is 1. The minimum Gasteiger partial charge on any atom is -0.318 e. The zero-order chi connectivity index (χ0) is 16.1. The van der Waals surface area contributed by atoms with Gasteiger partial charge in [-0.2, -0.15) is 0 Å². The molecule has 0 spiro atoms. The minimum atomic E-state index is -3.83. The number of rotatable bonds is 8. The highest BCUT2D eigenvalue weighted by molar-refractivity contribution is 7.92. The van der Waals surface area contributed by atoms with E-state index in [1.54, 1.807) is 7.05 Å². The molecule has 0 aliphatic heterocycles. The van der Waals surface area contributed by atoms with Gasteiger partial charge in [0.15, 0.2) is 0 Å². The molecule has 0 unspecified atom stereocenters. The first-order valence-electron chi connectivity index (χ1n) is 6.16. The fraction of sp³-hybridized carbons (Fsp3) is 0.455. The molecule has 3 N–H and O–H groups in total. The van der Waals surface area contributed by atoms with Crippen molar-refractivity contribution in [2.75, 3.05) is 30.6 Å². The lowest BCUT2D eigenvalue weighted by molar-refractivity contribution is 0.576. The molecule has 0 heterocycles. The van der Waals surface area contributed by atoms with Crippen LogP contribution in [0.1, 0.15) is 6.92 Å². The van der Waals surface area contributed by atoms with Crippen molar-refractivity contribution < 1.29 is 21.2 Å². The molecule has 21 heavy (non-hydrogen) atoms. The van der Waals surface area contributed by atoms with Crippen LogP contribution >= 0.6 is 0 Å². The van der Waals surface area contributed by atoms with Gasteiger partial charge in [0, 0.05) is 13.1 Å². The Bertz CT molecular complexity index is 689. The van der Waals surface area contributed by atoms with E-state index in [0.717, 1.165) is 18.2 Å². The highest BCUT2D eigenvalue weighted by Gasteiger charge is 2.17. The number of halogens is 1. The lowest BCUT2D eigenvalue weighted by Gasteiger charge is -2.10. The van der Waals surface area contributed by atoms with Gasteiger partial charge in [0.05, 0.1) is 16.3 Å². The molecule has 0 bridgehead atoms. The highest BCUT2D eigenvalue weighted by Crippen LogP contribution is 2.20. The van der Waals surface area contributed by atoms with Gasteiger partial charge in [-0.05, 0) is 32.2 Å². The van der Waals surface area contributed by atoms with Crippen LogP contribution in [0.25, 0.3) is 0 Å². The molecule has 0 aliphatic carbocycles. The summed E-state index contributed by atoms with van der Waals surface area (Å²) in [6.45, 7) is 1.99. The smallest absolute Gasteiger partial charge is 0.240 e. The van der Waals surface area contributed by atoms with Gasteiger partial charge >= 0.3 is 0 Å². The van der Waals surface area contributed by atoms with Gasteiger partial charge in [-0.3, -0.25) is 4.72 Å². The average Bonchev–Trinajstić information content (AvgIpc) is 2.41. The zero-order valence-corrected chi connectivity index (χ0v) is 13.3. The Labute approximate surface area is 124 Å². The molecule has 1 rings (SSSR count). The second-order valence-corrected chi connectivity index (χ2v) is 7.93. The fourth-order valence-corrected chi connectivity index (χ4v) is 3.07. The standard InChI is InChI=1S/C11H18FN3O4S2/c1-3-20(16,17)15-11-5-4-9(8-10(11)12)21(18,19)14-7-6-13-2/h4-5,8,13-15H,3,6-7H2,1-2H3. The summed E-state index contributed by atoms with van der Waals surface area (Å²) in [6.07, 6.45) is 0. The lowest BCUT2D eigenvalue weighted by Crippen LogP contribution is -2.30. The molecule has 0 saturated heterocycles. The third kappa shape index (κ3) is 5.23. The molecule has 10 heteroatoms. The predicted molar refractivity (Wildman–Crippen MR) is 78.6 cm³/mol. The van der Waals surface area contributed by atoms with Gasteiger partial charge < -0.3 is 5.32 Å². The molecule has 0 radical (unpaired) electrons. The number of hydrogen-bond donors (Lipinski definition) is 3. The maximum atomic E-state index is 13.8. The summed E-state index contributed by atoms with van der Waals surface area (Å²) in [5, 5.41) is 2.77. The van der Waals surface area contributed by atoms with Crippen molar-refractivity contribution >= 4 is 25.7 Å². The largest absolute Gasteiger partial charge is 0.318 e. The van der Waals surface area contributed by atoms with Crippen molar-refractivity contribution in [3.05, 3.63) is 24.0 Å². The first-order chi connectivity index (χ1) is 9.72. The summed E-state index contributed by atoms with van der Waals surface area (Å²) in [6, 6.07) is 2.99. The van der Waals surface area contributed by atoms with Crippen LogP contribution in [0.5, 0.6) is 0 Å². The normalized spacial score (nSPS) is 12.3. The summed E-state index contributed by atoms with van der Waals surface area (Å²) in [4.78, 5) is -0.268. The fourth-order valence-electron chi connectivity index (χ4n) is 1.38. The van der Waals surface area contributed by atoms with Crippen LogP contribution < -0.4 is 14.8 Å². The number of likely N-dealkylation sites (N-methyl/N-ethyl adjacent to an activating group) is 1. The van der Waals surface area contributed by atoms with Crippen molar-refractivity contribution in [3.63, 3.8) is 0 Å². The van der Waals surface area contributed by atoms with E-state index in [0.29, 0.717) is 6.54 Å². The zero-order valence-electron chi connectivity index (χ0n) is 11.7. The van der Waals surface area contributed by atoms with Crippen molar-refractivity contribution in [2.24, 2.45) is 0 Å². The summed E-state index contributed by atoms with van der Waals surface area (Å²) >= 11 is 0. The maximum absolute atomic E-state index is 13.8. The number of nitrogens with one attached hydrogen (secondary N) is 3. The summed E-state index contributed by atoms with van der Waals surface area (Å²) < 4.78 is 64.6. The van der Waals surface area contributed by atoms with E-state index in [1.807, 2.05) is 4.72 Å². The molecule has 0 saturated carbocycles. The Morgan fingerprint density at radius 3 is 2.33 bits per heavy atom. The van der Waals surface area contributed by atoms with E-state index in [-0.39, 0.29) is 22.9 Å². The molecular formula is C11H18FN3O4S2. The molecule has 0 aromatic heterocycles. The van der Waals surface area contributed by atoms with Gasteiger partial charge in [0.2, 0.25) is 20.0 Å². The second-order valence-electron chi connectivity index (χ2n) is 4.15. The molecule has 0 fully saturated rings. The quantitative estimate of drug-likeness (QED) is 0.582. The number of sulfonamides is 2. The molecule has 1 aromatic rings. The predicted octanol–water partition coefficient (Wildman–Crippen LogP) is 0.0850.